The highest BCUT2D eigenvalue weighted by atomic mass is 35.5. The summed E-state index contributed by atoms with van der Waals surface area (Å²) >= 11 is 11.4. The van der Waals surface area contributed by atoms with Crippen LogP contribution in [0.1, 0.15) is 0 Å². The average Bonchev–Trinajstić information content (AvgIpc) is 2.90. The Morgan fingerprint density at radius 3 is 2.67 bits per heavy atom. The Hall–Kier alpha value is -2.04. The van der Waals surface area contributed by atoms with Crippen molar-refractivity contribution in [2.75, 3.05) is 11.2 Å². The smallest absolute Gasteiger partial charge is 0.239 e. The minimum absolute atomic E-state index is 0.0758. The van der Waals surface area contributed by atoms with Crippen LogP contribution in [-0.2, 0) is 4.79 Å². The van der Waals surface area contributed by atoms with E-state index in [0.717, 1.165) is 5.56 Å². The lowest BCUT2D eigenvalue weighted by Crippen LogP contribution is -2.12. The number of halogens is 2. The van der Waals surface area contributed by atoms with Crippen LogP contribution < -0.4 is 5.32 Å². The van der Waals surface area contributed by atoms with Crippen molar-refractivity contribution >= 4 is 45.9 Å². The van der Waals surface area contributed by atoms with Gasteiger partial charge in [0.15, 0.2) is 5.58 Å². The summed E-state index contributed by atoms with van der Waals surface area (Å²) in [5.41, 5.74) is 2.86. The van der Waals surface area contributed by atoms with E-state index in [1.807, 2.05) is 12.1 Å². The van der Waals surface area contributed by atoms with E-state index >= 15 is 0 Å². The van der Waals surface area contributed by atoms with Gasteiger partial charge in [-0.2, -0.15) is 0 Å². The van der Waals surface area contributed by atoms with Crippen molar-refractivity contribution in [3.8, 4) is 11.5 Å². The first kappa shape index (κ1) is 13.9. The molecule has 0 saturated heterocycles. The molecule has 0 radical (unpaired) electrons. The molecule has 0 spiro atoms. The zero-order valence-corrected chi connectivity index (χ0v) is 12.3. The molecule has 0 saturated carbocycles. The zero-order chi connectivity index (χ0) is 14.8. The van der Waals surface area contributed by atoms with Crippen molar-refractivity contribution in [2.45, 2.75) is 0 Å². The number of carbonyl (C=O) groups is 1. The molecule has 0 aliphatic carbocycles. The molecule has 0 bridgehead atoms. The van der Waals surface area contributed by atoms with Crippen molar-refractivity contribution in [1.29, 1.82) is 0 Å². The molecule has 6 heteroatoms. The quantitative estimate of drug-likeness (QED) is 0.731. The fraction of sp³-hybridized carbons (Fsp3) is 0.0667. The largest absolute Gasteiger partial charge is 0.436 e. The van der Waals surface area contributed by atoms with Crippen LogP contribution in [0.2, 0.25) is 5.02 Å². The van der Waals surface area contributed by atoms with Crippen molar-refractivity contribution in [3.05, 3.63) is 47.5 Å². The fourth-order valence-corrected chi connectivity index (χ4v) is 2.15. The SMILES string of the molecule is O=C(CCl)Nc1ccc(-c2nc3cc(Cl)ccc3o2)cc1. The predicted molar refractivity (Wildman–Crippen MR) is 83.8 cm³/mol. The maximum atomic E-state index is 11.2. The predicted octanol–water partition coefficient (Wildman–Crippen LogP) is 4.33. The second kappa shape index (κ2) is 5.76. The van der Waals surface area contributed by atoms with Crippen LogP contribution in [0, 0.1) is 0 Å². The third-order valence-corrected chi connectivity index (χ3v) is 3.36. The first-order valence-electron chi connectivity index (χ1n) is 6.18. The number of fused-ring (bicyclic) bond motifs is 1. The molecule has 0 aliphatic heterocycles. The Balaban J connectivity index is 1.90. The van der Waals surface area contributed by atoms with E-state index in [4.69, 9.17) is 27.6 Å². The number of hydrogen-bond acceptors (Lipinski definition) is 3. The highest BCUT2D eigenvalue weighted by Crippen LogP contribution is 2.26. The highest BCUT2D eigenvalue weighted by Gasteiger charge is 2.09. The van der Waals surface area contributed by atoms with Crippen LogP contribution >= 0.6 is 23.2 Å². The molecule has 0 fully saturated rings. The lowest BCUT2D eigenvalue weighted by atomic mass is 10.2. The standard InChI is InChI=1S/C15H10Cl2N2O2/c16-8-14(20)18-11-4-1-9(2-5-11)15-19-12-7-10(17)3-6-13(12)21-15/h1-7H,8H2,(H,18,20). The highest BCUT2D eigenvalue weighted by molar-refractivity contribution is 6.31. The third kappa shape index (κ3) is 3.01. The molecule has 21 heavy (non-hydrogen) atoms. The molecule has 1 N–H and O–H groups in total. The van der Waals surface area contributed by atoms with Gasteiger partial charge in [0.25, 0.3) is 0 Å². The van der Waals surface area contributed by atoms with Crippen LogP contribution in [0.25, 0.3) is 22.6 Å². The van der Waals surface area contributed by atoms with Crippen molar-refractivity contribution in [3.63, 3.8) is 0 Å². The summed E-state index contributed by atoms with van der Waals surface area (Å²) in [6.45, 7) is 0. The molecule has 0 aliphatic rings. The summed E-state index contributed by atoms with van der Waals surface area (Å²) in [6, 6.07) is 12.4. The minimum Gasteiger partial charge on any atom is -0.436 e. The molecule has 2 aromatic carbocycles. The van der Waals surface area contributed by atoms with Crippen molar-refractivity contribution in [2.24, 2.45) is 0 Å². The van der Waals surface area contributed by atoms with Gasteiger partial charge in [-0.1, -0.05) is 11.6 Å². The van der Waals surface area contributed by atoms with Gasteiger partial charge in [-0.3, -0.25) is 4.79 Å². The summed E-state index contributed by atoms with van der Waals surface area (Å²) in [5, 5.41) is 3.28. The molecular formula is C15H10Cl2N2O2. The van der Waals surface area contributed by atoms with E-state index in [1.165, 1.54) is 0 Å². The van der Waals surface area contributed by atoms with E-state index in [1.54, 1.807) is 30.3 Å². The number of anilines is 1. The lowest BCUT2D eigenvalue weighted by Gasteiger charge is -2.03. The number of carbonyl (C=O) groups excluding carboxylic acids is 1. The minimum atomic E-state index is -0.249. The summed E-state index contributed by atoms with van der Waals surface area (Å²) in [4.78, 5) is 15.6. The molecule has 0 atom stereocenters. The number of alkyl halides is 1. The van der Waals surface area contributed by atoms with E-state index in [2.05, 4.69) is 10.3 Å². The van der Waals surface area contributed by atoms with Crippen molar-refractivity contribution < 1.29 is 9.21 Å². The topological polar surface area (TPSA) is 55.1 Å². The van der Waals surface area contributed by atoms with Gasteiger partial charge in [-0.05, 0) is 42.5 Å². The zero-order valence-electron chi connectivity index (χ0n) is 10.8. The number of nitrogens with one attached hydrogen (secondary N) is 1. The van der Waals surface area contributed by atoms with E-state index < -0.39 is 0 Å². The summed E-state index contributed by atoms with van der Waals surface area (Å²) in [7, 11) is 0. The van der Waals surface area contributed by atoms with E-state index in [-0.39, 0.29) is 11.8 Å². The maximum absolute atomic E-state index is 11.2. The van der Waals surface area contributed by atoms with Crippen LogP contribution in [0.5, 0.6) is 0 Å². The number of nitrogens with zero attached hydrogens (tertiary/aromatic N) is 1. The van der Waals surface area contributed by atoms with Gasteiger partial charge in [0.2, 0.25) is 11.8 Å². The Bertz CT molecular complexity index is 797. The molecule has 0 unspecified atom stereocenters. The van der Waals surface area contributed by atoms with E-state index in [9.17, 15) is 4.79 Å². The number of aromatic nitrogens is 1. The van der Waals surface area contributed by atoms with Crippen molar-refractivity contribution in [1.82, 2.24) is 4.98 Å². The first-order chi connectivity index (χ1) is 10.2. The molecular weight excluding hydrogens is 311 g/mol. The van der Waals surface area contributed by atoms with Crippen LogP contribution in [0.3, 0.4) is 0 Å². The average molecular weight is 321 g/mol. The van der Waals surface area contributed by atoms with E-state index in [0.29, 0.717) is 27.7 Å². The number of hydrogen-bond donors (Lipinski definition) is 1. The van der Waals surface area contributed by atoms with Crippen LogP contribution in [-0.4, -0.2) is 16.8 Å². The Morgan fingerprint density at radius 1 is 1.19 bits per heavy atom. The van der Waals surface area contributed by atoms with Crippen LogP contribution in [0.15, 0.2) is 46.9 Å². The molecule has 1 amide bonds. The van der Waals surface area contributed by atoms with Gasteiger partial charge < -0.3 is 9.73 Å². The molecule has 1 heterocycles. The monoisotopic (exact) mass is 320 g/mol. The number of amides is 1. The molecule has 1 aromatic heterocycles. The lowest BCUT2D eigenvalue weighted by molar-refractivity contribution is -0.113. The van der Waals surface area contributed by atoms with Gasteiger partial charge in [0.05, 0.1) is 0 Å². The summed E-state index contributed by atoms with van der Waals surface area (Å²) in [5.74, 6) is 0.177. The fourth-order valence-electron chi connectivity index (χ4n) is 1.91. The second-order valence-electron chi connectivity index (χ2n) is 4.39. The normalized spacial score (nSPS) is 10.8. The molecule has 4 nitrogen and oxygen atoms in total. The van der Waals surface area contributed by atoms with Gasteiger partial charge >= 0.3 is 0 Å². The maximum Gasteiger partial charge on any atom is 0.239 e. The first-order valence-corrected chi connectivity index (χ1v) is 7.09. The Labute approximate surface area is 130 Å². The number of rotatable bonds is 3. The Morgan fingerprint density at radius 2 is 1.95 bits per heavy atom. The molecule has 3 aromatic rings. The summed E-state index contributed by atoms with van der Waals surface area (Å²) < 4.78 is 5.67. The molecule has 106 valence electrons. The van der Waals surface area contributed by atoms with Gasteiger partial charge in [0, 0.05) is 16.3 Å². The third-order valence-electron chi connectivity index (χ3n) is 2.89. The van der Waals surface area contributed by atoms with Crippen LogP contribution in [0.4, 0.5) is 5.69 Å². The van der Waals surface area contributed by atoms with Gasteiger partial charge in [-0.25, -0.2) is 4.98 Å². The second-order valence-corrected chi connectivity index (χ2v) is 5.09. The number of oxazole rings is 1. The molecule has 3 rings (SSSR count). The summed E-state index contributed by atoms with van der Waals surface area (Å²) in [6.07, 6.45) is 0. The Kier molecular flexibility index (Phi) is 3.82. The van der Waals surface area contributed by atoms with Gasteiger partial charge in [0.1, 0.15) is 11.4 Å². The number of benzene rings is 2. The van der Waals surface area contributed by atoms with Gasteiger partial charge in [-0.15, -0.1) is 11.6 Å².